The van der Waals surface area contributed by atoms with Gasteiger partial charge in [0.15, 0.2) is 0 Å². The monoisotopic (exact) mass is 346 g/mol. The van der Waals surface area contributed by atoms with Crippen LogP contribution >= 0.6 is 15.9 Å². The van der Waals surface area contributed by atoms with Crippen LogP contribution in [0.3, 0.4) is 0 Å². The second-order valence-electron chi connectivity index (χ2n) is 5.11. The second kappa shape index (κ2) is 8.73. The Hall–Kier alpha value is -1.48. The minimum Gasteiger partial charge on any atom is -0.383 e. The SMILES string of the molecule is CCCCN(CCNc1ccc(Br)cc1)c1ccccc1. The summed E-state index contributed by atoms with van der Waals surface area (Å²) < 4.78 is 1.11. The van der Waals surface area contributed by atoms with Gasteiger partial charge >= 0.3 is 0 Å². The molecule has 0 saturated heterocycles. The van der Waals surface area contributed by atoms with Gasteiger partial charge in [-0.15, -0.1) is 0 Å². The molecular weight excluding hydrogens is 324 g/mol. The first-order valence-corrected chi connectivity index (χ1v) is 8.38. The Labute approximate surface area is 136 Å². The van der Waals surface area contributed by atoms with E-state index in [1.807, 2.05) is 0 Å². The van der Waals surface area contributed by atoms with Gasteiger partial charge in [-0.25, -0.2) is 0 Å². The highest BCUT2D eigenvalue weighted by Crippen LogP contribution is 2.16. The fraction of sp³-hybridized carbons (Fsp3) is 0.333. The van der Waals surface area contributed by atoms with Crippen molar-refractivity contribution in [3.8, 4) is 0 Å². The maximum absolute atomic E-state index is 3.49. The fourth-order valence-corrected chi connectivity index (χ4v) is 2.53. The maximum atomic E-state index is 3.49. The van der Waals surface area contributed by atoms with Gasteiger partial charge in [-0.05, 0) is 42.8 Å². The molecule has 0 fully saturated rings. The van der Waals surface area contributed by atoms with Gasteiger partial charge < -0.3 is 10.2 Å². The molecule has 0 atom stereocenters. The molecule has 0 bridgehead atoms. The zero-order valence-corrected chi connectivity index (χ0v) is 14.1. The van der Waals surface area contributed by atoms with Crippen LogP contribution in [0.1, 0.15) is 19.8 Å². The molecule has 0 aliphatic carbocycles. The van der Waals surface area contributed by atoms with E-state index in [4.69, 9.17) is 0 Å². The summed E-state index contributed by atoms with van der Waals surface area (Å²) in [5.41, 5.74) is 2.48. The van der Waals surface area contributed by atoms with E-state index in [1.54, 1.807) is 0 Å². The predicted octanol–water partition coefficient (Wildman–Crippen LogP) is 5.17. The minimum absolute atomic E-state index is 0.945. The van der Waals surface area contributed by atoms with E-state index in [1.165, 1.54) is 24.2 Å². The van der Waals surface area contributed by atoms with Crippen molar-refractivity contribution in [1.29, 1.82) is 0 Å². The largest absolute Gasteiger partial charge is 0.383 e. The predicted molar refractivity (Wildman–Crippen MR) is 96.2 cm³/mol. The second-order valence-corrected chi connectivity index (χ2v) is 6.03. The third-order valence-corrected chi connectivity index (χ3v) is 3.99. The summed E-state index contributed by atoms with van der Waals surface area (Å²) in [6, 6.07) is 19.0. The number of anilines is 2. The standard InChI is InChI=1S/C18H23BrN2/c1-2-3-14-21(18-7-5-4-6-8-18)15-13-20-17-11-9-16(19)10-12-17/h4-12,20H,2-3,13-15H2,1H3. The van der Waals surface area contributed by atoms with E-state index < -0.39 is 0 Å². The Kier molecular flexibility index (Phi) is 6.61. The third-order valence-electron chi connectivity index (χ3n) is 3.46. The van der Waals surface area contributed by atoms with Crippen LogP contribution in [0, 0.1) is 0 Å². The molecule has 2 aromatic rings. The lowest BCUT2D eigenvalue weighted by Gasteiger charge is -2.25. The molecule has 2 nitrogen and oxygen atoms in total. The minimum atomic E-state index is 0.945. The number of nitrogens with one attached hydrogen (secondary N) is 1. The van der Waals surface area contributed by atoms with Gasteiger partial charge in [0.2, 0.25) is 0 Å². The molecule has 0 heterocycles. The molecule has 0 amide bonds. The van der Waals surface area contributed by atoms with E-state index >= 15 is 0 Å². The van der Waals surface area contributed by atoms with E-state index in [9.17, 15) is 0 Å². The van der Waals surface area contributed by atoms with Gasteiger partial charge in [0.1, 0.15) is 0 Å². The summed E-state index contributed by atoms with van der Waals surface area (Å²) in [5, 5.41) is 3.49. The zero-order valence-electron chi connectivity index (χ0n) is 12.6. The number of rotatable bonds is 8. The Morgan fingerprint density at radius 1 is 0.952 bits per heavy atom. The third kappa shape index (κ3) is 5.43. The van der Waals surface area contributed by atoms with Crippen molar-refractivity contribution in [3.05, 3.63) is 59.1 Å². The Morgan fingerprint density at radius 2 is 1.67 bits per heavy atom. The van der Waals surface area contributed by atoms with E-state index in [2.05, 4.69) is 87.7 Å². The molecule has 0 aromatic heterocycles. The van der Waals surface area contributed by atoms with Gasteiger partial charge in [0.05, 0.1) is 0 Å². The lowest BCUT2D eigenvalue weighted by atomic mass is 10.2. The molecule has 0 aliphatic rings. The van der Waals surface area contributed by atoms with Crippen molar-refractivity contribution in [2.24, 2.45) is 0 Å². The molecular formula is C18H23BrN2. The topological polar surface area (TPSA) is 15.3 Å². The van der Waals surface area contributed by atoms with Crippen LogP contribution in [0.25, 0.3) is 0 Å². The van der Waals surface area contributed by atoms with E-state index in [0.29, 0.717) is 0 Å². The summed E-state index contributed by atoms with van der Waals surface area (Å²) >= 11 is 3.46. The number of halogens is 1. The molecule has 1 N–H and O–H groups in total. The van der Waals surface area contributed by atoms with Crippen molar-refractivity contribution in [3.63, 3.8) is 0 Å². The smallest absolute Gasteiger partial charge is 0.0366 e. The molecule has 21 heavy (non-hydrogen) atoms. The summed E-state index contributed by atoms with van der Waals surface area (Å²) in [7, 11) is 0. The van der Waals surface area contributed by atoms with Gasteiger partial charge in [0, 0.05) is 35.5 Å². The van der Waals surface area contributed by atoms with Crippen molar-refractivity contribution in [2.45, 2.75) is 19.8 Å². The summed E-state index contributed by atoms with van der Waals surface area (Å²) in [6.45, 7) is 5.31. The molecule has 0 spiro atoms. The molecule has 0 unspecified atom stereocenters. The molecule has 3 heteroatoms. The summed E-state index contributed by atoms with van der Waals surface area (Å²) in [4.78, 5) is 2.45. The normalized spacial score (nSPS) is 10.4. The lowest BCUT2D eigenvalue weighted by Crippen LogP contribution is -2.30. The van der Waals surface area contributed by atoms with Gasteiger partial charge in [-0.3, -0.25) is 0 Å². The molecule has 0 radical (unpaired) electrons. The Balaban J connectivity index is 1.88. The summed E-state index contributed by atoms with van der Waals surface area (Å²) in [6.07, 6.45) is 2.46. The Morgan fingerprint density at radius 3 is 2.33 bits per heavy atom. The first-order valence-electron chi connectivity index (χ1n) is 7.59. The molecule has 2 aromatic carbocycles. The molecule has 112 valence electrons. The molecule has 0 saturated carbocycles. The van der Waals surface area contributed by atoms with Gasteiger partial charge in [-0.2, -0.15) is 0 Å². The highest BCUT2D eigenvalue weighted by atomic mass is 79.9. The van der Waals surface area contributed by atoms with Crippen molar-refractivity contribution in [2.75, 3.05) is 29.9 Å². The van der Waals surface area contributed by atoms with Crippen molar-refractivity contribution < 1.29 is 0 Å². The van der Waals surface area contributed by atoms with E-state index in [-0.39, 0.29) is 0 Å². The van der Waals surface area contributed by atoms with Crippen LogP contribution in [-0.4, -0.2) is 19.6 Å². The molecule has 0 aliphatic heterocycles. The van der Waals surface area contributed by atoms with Crippen LogP contribution in [-0.2, 0) is 0 Å². The maximum Gasteiger partial charge on any atom is 0.0366 e. The van der Waals surface area contributed by atoms with Crippen LogP contribution in [0.4, 0.5) is 11.4 Å². The highest BCUT2D eigenvalue weighted by Gasteiger charge is 2.05. The van der Waals surface area contributed by atoms with Crippen molar-refractivity contribution >= 4 is 27.3 Å². The average molecular weight is 347 g/mol. The summed E-state index contributed by atoms with van der Waals surface area (Å²) in [5.74, 6) is 0. The number of para-hydroxylation sites is 1. The lowest BCUT2D eigenvalue weighted by molar-refractivity contribution is 0.722. The van der Waals surface area contributed by atoms with Gasteiger partial charge in [-0.1, -0.05) is 47.5 Å². The van der Waals surface area contributed by atoms with Crippen molar-refractivity contribution in [1.82, 2.24) is 0 Å². The van der Waals surface area contributed by atoms with Crippen LogP contribution in [0.2, 0.25) is 0 Å². The Bertz CT molecular complexity index is 511. The first kappa shape index (κ1) is 15.9. The number of nitrogens with zero attached hydrogens (tertiary/aromatic N) is 1. The van der Waals surface area contributed by atoms with Crippen LogP contribution < -0.4 is 10.2 Å². The molecule has 2 rings (SSSR count). The average Bonchev–Trinajstić information content (AvgIpc) is 2.53. The van der Waals surface area contributed by atoms with E-state index in [0.717, 1.165) is 24.1 Å². The number of benzene rings is 2. The highest BCUT2D eigenvalue weighted by molar-refractivity contribution is 9.10. The quantitative estimate of drug-likeness (QED) is 0.709. The number of hydrogen-bond donors (Lipinski definition) is 1. The fourth-order valence-electron chi connectivity index (χ4n) is 2.26. The van der Waals surface area contributed by atoms with Crippen LogP contribution in [0.5, 0.6) is 0 Å². The first-order chi connectivity index (χ1) is 10.3. The number of unbranched alkanes of at least 4 members (excludes halogenated alkanes) is 1. The zero-order chi connectivity index (χ0) is 14.9. The van der Waals surface area contributed by atoms with Crippen LogP contribution in [0.15, 0.2) is 59.1 Å². The van der Waals surface area contributed by atoms with Gasteiger partial charge in [0.25, 0.3) is 0 Å². The number of hydrogen-bond acceptors (Lipinski definition) is 2.